The lowest BCUT2D eigenvalue weighted by atomic mass is 10.1. The third kappa shape index (κ3) is 3.13. The molecular weight excluding hydrogens is 322 g/mol. The molecule has 0 bridgehead atoms. The van der Waals surface area contributed by atoms with Crippen LogP contribution in [-0.2, 0) is 6.54 Å². The Morgan fingerprint density at radius 3 is 2.75 bits per heavy atom. The van der Waals surface area contributed by atoms with E-state index in [-0.39, 0.29) is 5.69 Å². The molecule has 0 aromatic heterocycles. The van der Waals surface area contributed by atoms with Gasteiger partial charge in [0.15, 0.2) is 0 Å². The number of nitrogens with one attached hydrogen (secondary N) is 1. The predicted molar refractivity (Wildman–Crippen MR) is 79.3 cm³/mol. The molecule has 1 N–H and O–H groups in total. The summed E-state index contributed by atoms with van der Waals surface area (Å²) in [5.41, 5.74) is 2.07. The number of rotatable bonds is 4. The molecule has 0 aliphatic rings. The highest BCUT2D eigenvalue weighted by molar-refractivity contribution is 9.10. The van der Waals surface area contributed by atoms with Gasteiger partial charge in [-0.3, -0.25) is 10.1 Å². The third-order valence-electron chi connectivity index (χ3n) is 2.76. The van der Waals surface area contributed by atoms with Gasteiger partial charge in [-0.1, -0.05) is 18.2 Å². The smallest absolute Gasteiger partial charge is 0.285 e. The van der Waals surface area contributed by atoms with Gasteiger partial charge in [-0.2, -0.15) is 5.26 Å². The number of nitriles is 1. The van der Waals surface area contributed by atoms with E-state index in [2.05, 4.69) is 27.3 Å². The molecule has 2 aromatic rings. The van der Waals surface area contributed by atoms with Gasteiger partial charge < -0.3 is 5.32 Å². The molecule has 0 aliphatic carbocycles. The molecule has 2 aromatic carbocycles. The Kier molecular flexibility index (Phi) is 4.33. The lowest BCUT2D eigenvalue weighted by Gasteiger charge is -2.08. The second-order valence-corrected chi connectivity index (χ2v) is 4.90. The molecule has 0 amide bonds. The van der Waals surface area contributed by atoms with Crippen molar-refractivity contribution >= 4 is 27.3 Å². The molecule has 100 valence electrons. The Morgan fingerprint density at radius 2 is 2.05 bits per heavy atom. The van der Waals surface area contributed by atoms with E-state index < -0.39 is 4.92 Å². The highest BCUT2D eigenvalue weighted by atomic mass is 79.9. The first-order chi connectivity index (χ1) is 9.61. The Labute approximate surface area is 124 Å². The van der Waals surface area contributed by atoms with E-state index >= 15 is 0 Å². The van der Waals surface area contributed by atoms with Crippen molar-refractivity contribution in [2.24, 2.45) is 0 Å². The summed E-state index contributed by atoms with van der Waals surface area (Å²) in [6, 6.07) is 14.2. The number of halogens is 1. The van der Waals surface area contributed by atoms with Crippen molar-refractivity contribution in [3.05, 3.63) is 68.2 Å². The van der Waals surface area contributed by atoms with Crippen LogP contribution in [0, 0.1) is 21.4 Å². The normalized spacial score (nSPS) is 9.80. The maximum Gasteiger partial charge on any atom is 0.285 e. The minimum atomic E-state index is -0.446. The SMILES string of the molecule is N#Cc1ccccc1CNc1ccc(Br)c([N+](=O)[O-])c1. The van der Waals surface area contributed by atoms with Crippen molar-refractivity contribution in [2.45, 2.75) is 6.54 Å². The highest BCUT2D eigenvalue weighted by Gasteiger charge is 2.12. The van der Waals surface area contributed by atoms with Gasteiger partial charge in [0.2, 0.25) is 0 Å². The van der Waals surface area contributed by atoms with Crippen LogP contribution in [0.2, 0.25) is 0 Å². The molecule has 0 radical (unpaired) electrons. The van der Waals surface area contributed by atoms with E-state index in [9.17, 15) is 10.1 Å². The number of anilines is 1. The van der Waals surface area contributed by atoms with E-state index in [1.54, 1.807) is 24.3 Å². The Bertz CT molecular complexity index is 695. The van der Waals surface area contributed by atoms with Crippen LogP contribution in [0.25, 0.3) is 0 Å². The third-order valence-corrected chi connectivity index (χ3v) is 3.43. The molecule has 0 fully saturated rings. The average Bonchev–Trinajstić information content (AvgIpc) is 2.46. The Hall–Kier alpha value is -2.39. The number of nitrogens with zero attached hydrogens (tertiary/aromatic N) is 2. The maximum absolute atomic E-state index is 10.9. The van der Waals surface area contributed by atoms with Crippen molar-refractivity contribution in [3.8, 4) is 6.07 Å². The summed E-state index contributed by atoms with van der Waals surface area (Å²) in [5, 5.41) is 22.9. The minimum Gasteiger partial charge on any atom is -0.381 e. The molecule has 5 nitrogen and oxygen atoms in total. The van der Waals surface area contributed by atoms with Crippen molar-refractivity contribution < 1.29 is 4.92 Å². The first-order valence-corrected chi connectivity index (χ1v) is 6.57. The monoisotopic (exact) mass is 331 g/mol. The maximum atomic E-state index is 10.9. The van der Waals surface area contributed by atoms with Crippen LogP contribution in [0.3, 0.4) is 0 Å². The molecule has 6 heteroatoms. The van der Waals surface area contributed by atoms with Crippen LogP contribution in [0.5, 0.6) is 0 Å². The van der Waals surface area contributed by atoms with E-state index in [0.29, 0.717) is 22.3 Å². The second-order valence-electron chi connectivity index (χ2n) is 4.05. The molecule has 0 atom stereocenters. The fourth-order valence-corrected chi connectivity index (χ4v) is 2.13. The summed E-state index contributed by atoms with van der Waals surface area (Å²) >= 11 is 3.14. The highest BCUT2D eigenvalue weighted by Crippen LogP contribution is 2.28. The summed E-state index contributed by atoms with van der Waals surface area (Å²) in [6.07, 6.45) is 0. The zero-order chi connectivity index (χ0) is 14.5. The number of benzene rings is 2. The quantitative estimate of drug-likeness (QED) is 0.681. The topological polar surface area (TPSA) is 79.0 Å². The molecular formula is C14H10BrN3O2. The molecule has 0 heterocycles. The standard InChI is InChI=1S/C14H10BrN3O2/c15-13-6-5-12(7-14(13)18(19)20)17-9-11-4-2-1-3-10(11)8-16/h1-7,17H,9H2. The van der Waals surface area contributed by atoms with Gasteiger partial charge in [0, 0.05) is 18.3 Å². The molecule has 0 aliphatic heterocycles. The zero-order valence-electron chi connectivity index (χ0n) is 10.3. The van der Waals surface area contributed by atoms with E-state index in [4.69, 9.17) is 5.26 Å². The van der Waals surface area contributed by atoms with E-state index in [1.165, 1.54) is 6.07 Å². The van der Waals surface area contributed by atoms with Gasteiger partial charge in [0.05, 0.1) is 21.0 Å². The molecule has 0 unspecified atom stereocenters. The fourth-order valence-electron chi connectivity index (χ4n) is 1.74. The summed E-state index contributed by atoms with van der Waals surface area (Å²) < 4.78 is 0.436. The number of hydrogen-bond donors (Lipinski definition) is 1. The second kappa shape index (κ2) is 6.17. The predicted octanol–water partition coefficient (Wildman–Crippen LogP) is 3.84. The van der Waals surface area contributed by atoms with Gasteiger partial charge in [-0.15, -0.1) is 0 Å². The Morgan fingerprint density at radius 1 is 1.30 bits per heavy atom. The summed E-state index contributed by atoms with van der Waals surface area (Å²) in [7, 11) is 0. The largest absolute Gasteiger partial charge is 0.381 e. The molecule has 0 saturated heterocycles. The fraction of sp³-hybridized carbons (Fsp3) is 0.0714. The lowest BCUT2D eigenvalue weighted by Crippen LogP contribution is -2.02. The molecule has 0 spiro atoms. The molecule has 2 rings (SSSR count). The summed E-state index contributed by atoms with van der Waals surface area (Å²) in [4.78, 5) is 10.4. The van der Waals surface area contributed by atoms with Crippen LogP contribution in [0.1, 0.15) is 11.1 Å². The van der Waals surface area contributed by atoms with Gasteiger partial charge in [0.25, 0.3) is 5.69 Å². The number of nitro groups is 1. The van der Waals surface area contributed by atoms with Crippen LogP contribution in [-0.4, -0.2) is 4.92 Å². The summed E-state index contributed by atoms with van der Waals surface area (Å²) in [6.45, 7) is 0.433. The van der Waals surface area contributed by atoms with Crippen LogP contribution < -0.4 is 5.32 Å². The van der Waals surface area contributed by atoms with Crippen molar-refractivity contribution in [1.82, 2.24) is 0 Å². The zero-order valence-corrected chi connectivity index (χ0v) is 11.9. The van der Waals surface area contributed by atoms with Crippen molar-refractivity contribution in [3.63, 3.8) is 0 Å². The van der Waals surface area contributed by atoms with Crippen LogP contribution in [0.4, 0.5) is 11.4 Å². The van der Waals surface area contributed by atoms with Crippen molar-refractivity contribution in [1.29, 1.82) is 5.26 Å². The van der Waals surface area contributed by atoms with Gasteiger partial charge >= 0.3 is 0 Å². The molecule has 20 heavy (non-hydrogen) atoms. The molecule has 0 saturated carbocycles. The van der Waals surface area contributed by atoms with E-state index in [0.717, 1.165) is 5.56 Å². The number of hydrogen-bond acceptors (Lipinski definition) is 4. The van der Waals surface area contributed by atoms with Gasteiger partial charge in [-0.05, 0) is 39.7 Å². The summed E-state index contributed by atoms with van der Waals surface area (Å²) in [5.74, 6) is 0. The van der Waals surface area contributed by atoms with Gasteiger partial charge in [0.1, 0.15) is 0 Å². The lowest BCUT2D eigenvalue weighted by molar-refractivity contribution is -0.385. The van der Waals surface area contributed by atoms with E-state index in [1.807, 2.05) is 12.1 Å². The van der Waals surface area contributed by atoms with Crippen molar-refractivity contribution in [2.75, 3.05) is 5.32 Å². The Balaban J connectivity index is 2.18. The minimum absolute atomic E-state index is 0.00330. The van der Waals surface area contributed by atoms with Crippen LogP contribution >= 0.6 is 15.9 Å². The first-order valence-electron chi connectivity index (χ1n) is 5.77. The first kappa shape index (κ1) is 14.0. The average molecular weight is 332 g/mol. The van der Waals surface area contributed by atoms with Gasteiger partial charge in [-0.25, -0.2) is 0 Å². The number of nitro benzene ring substituents is 1. The van der Waals surface area contributed by atoms with Crippen LogP contribution in [0.15, 0.2) is 46.9 Å².